The van der Waals surface area contributed by atoms with Crippen LogP contribution in [0.4, 0.5) is 0 Å². The molecule has 184 valence electrons. The molecule has 1 aromatic carbocycles. The van der Waals surface area contributed by atoms with Gasteiger partial charge in [-0.3, -0.25) is 14.4 Å². The molecule has 34 heavy (non-hydrogen) atoms. The predicted molar refractivity (Wildman–Crippen MR) is 126 cm³/mol. The van der Waals surface area contributed by atoms with Crippen LogP contribution < -0.4 is 0 Å². The third kappa shape index (κ3) is 8.02. The number of hydrogen-bond acceptors (Lipinski definition) is 6. The lowest BCUT2D eigenvalue weighted by molar-refractivity contribution is -0.147. The maximum Gasteiger partial charge on any atom is 0.306 e. The first-order valence-electron chi connectivity index (χ1n) is 11.9. The van der Waals surface area contributed by atoms with Crippen LogP contribution in [0.25, 0.3) is 0 Å². The fourth-order valence-corrected chi connectivity index (χ4v) is 3.95. The third-order valence-corrected chi connectivity index (χ3v) is 5.69. The number of carbonyl (C=O) groups excluding carboxylic acids is 3. The van der Waals surface area contributed by atoms with E-state index in [0.29, 0.717) is 32.0 Å². The molecule has 1 aliphatic heterocycles. The van der Waals surface area contributed by atoms with Crippen LogP contribution >= 0.6 is 0 Å². The number of furan rings is 1. The zero-order valence-electron chi connectivity index (χ0n) is 20.0. The minimum atomic E-state index is -0.418. The minimum absolute atomic E-state index is 0.00506. The molecule has 2 heterocycles. The van der Waals surface area contributed by atoms with Crippen LogP contribution in [0.5, 0.6) is 0 Å². The maximum atomic E-state index is 13.4. The van der Waals surface area contributed by atoms with Crippen LogP contribution in [0.2, 0.25) is 0 Å². The molecule has 0 spiro atoms. The van der Waals surface area contributed by atoms with Gasteiger partial charge in [0.2, 0.25) is 11.8 Å². The number of benzene rings is 1. The van der Waals surface area contributed by atoms with Gasteiger partial charge >= 0.3 is 5.97 Å². The highest BCUT2D eigenvalue weighted by Crippen LogP contribution is 2.17. The van der Waals surface area contributed by atoms with Gasteiger partial charge < -0.3 is 23.7 Å². The Labute approximate surface area is 200 Å². The van der Waals surface area contributed by atoms with E-state index >= 15 is 0 Å². The van der Waals surface area contributed by atoms with Crippen molar-refractivity contribution >= 4 is 17.8 Å². The molecule has 0 saturated carbocycles. The summed E-state index contributed by atoms with van der Waals surface area (Å²) in [6.07, 6.45) is 1.66. The summed E-state index contributed by atoms with van der Waals surface area (Å²) in [5.74, 6) is 0.585. The van der Waals surface area contributed by atoms with E-state index in [1.54, 1.807) is 11.8 Å². The van der Waals surface area contributed by atoms with Crippen molar-refractivity contribution in [3.8, 4) is 0 Å². The van der Waals surface area contributed by atoms with Crippen molar-refractivity contribution < 1.29 is 28.3 Å². The summed E-state index contributed by atoms with van der Waals surface area (Å²) in [4.78, 5) is 41.4. The van der Waals surface area contributed by atoms with Crippen molar-refractivity contribution in [2.24, 2.45) is 0 Å². The van der Waals surface area contributed by atoms with Gasteiger partial charge in [0.1, 0.15) is 11.5 Å². The monoisotopic (exact) mass is 470 g/mol. The maximum absolute atomic E-state index is 13.4. The summed E-state index contributed by atoms with van der Waals surface area (Å²) in [6, 6.07) is 13.4. The molecule has 1 aliphatic rings. The topological polar surface area (TPSA) is 89.3 Å². The van der Waals surface area contributed by atoms with Crippen LogP contribution in [0, 0.1) is 6.92 Å². The second-order valence-corrected chi connectivity index (χ2v) is 8.46. The number of nitrogens with zero attached hydrogens (tertiary/aromatic N) is 2. The molecule has 1 fully saturated rings. The van der Waals surface area contributed by atoms with Gasteiger partial charge in [-0.2, -0.15) is 0 Å². The van der Waals surface area contributed by atoms with E-state index in [0.717, 1.165) is 24.2 Å². The summed E-state index contributed by atoms with van der Waals surface area (Å²) >= 11 is 0. The average Bonchev–Trinajstić information content (AvgIpc) is 3.49. The molecule has 1 atom stereocenters. The Hall–Kier alpha value is -3.13. The summed E-state index contributed by atoms with van der Waals surface area (Å²) in [6.45, 7) is 5.44. The average molecular weight is 471 g/mol. The van der Waals surface area contributed by atoms with E-state index < -0.39 is 5.97 Å². The van der Waals surface area contributed by atoms with E-state index in [1.165, 1.54) is 4.90 Å². The van der Waals surface area contributed by atoms with E-state index in [2.05, 4.69) is 0 Å². The van der Waals surface area contributed by atoms with Gasteiger partial charge in [0.05, 0.1) is 32.2 Å². The van der Waals surface area contributed by atoms with Crippen molar-refractivity contribution in [2.75, 3.05) is 26.3 Å². The van der Waals surface area contributed by atoms with Crippen LogP contribution in [0.15, 0.2) is 46.9 Å². The predicted octanol–water partition coefficient (Wildman–Crippen LogP) is 3.47. The Morgan fingerprint density at radius 3 is 2.44 bits per heavy atom. The van der Waals surface area contributed by atoms with Crippen molar-refractivity contribution in [3.63, 3.8) is 0 Å². The number of amides is 2. The van der Waals surface area contributed by atoms with E-state index in [4.69, 9.17) is 13.9 Å². The van der Waals surface area contributed by atoms with E-state index in [9.17, 15) is 14.4 Å². The molecule has 8 nitrogen and oxygen atoms in total. The molecule has 1 unspecified atom stereocenters. The summed E-state index contributed by atoms with van der Waals surface area (Å²) in [5.41, 5.74) is 0.985. The quantitative estimate of drug-likeness (QED) is 0.442. The molecular weight excluding hydrogens is 436 g/mol. The molecule has 1 aromatic heterocycles. The Bertz CT molecular complexity index is 936. The fourth-order valence-electron chi connectivity index (χ4n) is 3.95. The van der Waals surface area contributed by atoms with Gasteiger partial charge in [0.25, 0.3) is 0 Å². The smallest absolute Gasteiger partial charge is 0.306 e. The van der Waals surface area contributed by atoms with Crippen LogP contribution in [-0.4, -0.2) is 60.0 Å². The molecule has 0 aliphatic carbocycles. The first kappa shape index (κ1) is 25.5. The standard InChI is InChI=1S/C26H34N2O6/c1-3-32-26(31)14-13-24(29)28(17-22-10-7-15-33-22)19-25(30)27(16-21-8-5-4-6-9-21)18-23-12-11-20(2)34-23/h4-6,8-9,11-12,22H,3,7,10,13-19H2,1-2H3. The molecule has 3 rings (SSSR count). The molecule has 0 bridgehead atoms. The van der Waals surface area contributed by atoms with Crippen molar-refractivity contribution in [2.45, 2.75) is 58.7 Å². The lowest BCUT2D eigenvalue weighted by Gasteiger charge is -2.29. The number of aryl methyl sites for hydroxylation is 1. The molecule has 8 heteroatoms. The van der Waals surface area contributed by atoms with Gasteiger partial charge in [-0.25, -0.2) is 0 Å². The highest BCUT2D eigenvalue weighted by molar-refractivity contribution is 5.86. The van der Waals surface area contributed by atoms with Crippen molar-refractivity contribution in [1.29, 1.82) is 0 Å². The van der Waals surface area contributed by atoms with Gasteiger partial charge in [0.15, 0.2) is 0 Å². The number of esters is 1. The number of hydrogen-bond donors (Lipinski definition) is 0. The Morgan fingerprint density at radius 2 is 1.79 bits per heavy atom. The van der Waals surface area contributed by atoms with Gasteiger partial charge in [-0.15, -0.1) is 0 Å². The third-order valence-electron chi connectivity index (χ3n) is 5.69. The van der Waals surface area contributed by atoms with Gasteiger partial charge in [-0.1, -0.05) is 30.3 Å². The largest absolute Gasteiger partial charge is 0.466 e. The van der Waals surface area contributed by atoms with Gasteiger partial charge in [-0.05, 0) is 44.4 Å². The molecule has 2 amide bonds. The molecule has 2 aromatic rings. The fraction of sp³-hybridized carbons (Fsp3) is 0.500. The molecule has 0 radical (unpaired) electrons. The SMILES string of the molecule is CCOC(=O)CCC(=O)N(CC(=O)N(Cc1ccccc1)Cc1ccc(C)o1)CC1CCCO1. The number of rotatable bonds is 12. The Morgan fingerprint density at radius 1 is 1.00 bits per heavy atom. The first-order valence-corrected chi connectivity index (χ1v) is 11.9. The van der Waals surface area contributed by atoms with E-state index in [-0.39, 0.29) is 43.9 Å². The number of ether oxygens (including phenoxy) is 2. The normalized spacial score (nSPS) is 15.2. The van der Waals surface area contributed by atoms with Crippen molar-refractivity contribution in [1.82, 2.24) is 9.80 Å². The second kappa shape index (κ2) is 12.9. The van der Waals surface area contributed by atoms with Crippen LogP contribution in [0.3, 0.4) is 0 Å². The molecule has 1 saturated heterocycles. The lowest BCUT2D eigenvalue weighted by Crippen LogP contribution is -2.45. The highest BCUT2D eigenvalue weighted by atomic mass is 16.5. The second-order valence-electron chi connectivity index (χ2n) is 8.46. The van der Waals surface area contributed by atoms with Crippen LogP contribution in [-0.2, 0) is 36.9 Å². The number of carbonyl (C=O) groups is 3. The zero-order chi connectivity index (χ0) is 24.3. The summed E-state index contributed by atoms with van der Waals surface area (Å²) in [7, 11) is 0. The molecular formula is C26H34N2O6. The van der Waals surface area contributed by atoms with Gasteiger partial charge in [0, 0.05) is 26.1 Å². The Kier molecular flexibility index (Phi) is 9.70. The first-order chi connectivity index (χ1) is 16.4. The Balaban J connectivity index is 1.71. The minimum Gasteiger partial charge on any atom is -0.466 e. The highest BCUT2D eigenvalue weighted by Gasteiger charge is 2.27. The van der Waals surface area contributed by atoms with Crippen LogP contribution in [0.1, 0.15) is 49.7 Å². The molecule has 0 N–H and O–H groups in total. The summed E-state index contributed by atoms with van der Waals surface area (Å²) < 4.78 is 16.4. The van der Waals surface area contributed by atoms with Crippen molar-refractivity contribution in [3.05, 3.63) is 59.5 Å². The zero-order valence-corrected chi connectivity index (χ0v) is 20.0. The van der Waals surface area contributed by atoms with E-state index in [1.807, 2.05) is 49.4 Å². The lowest BCUT2D eigenvalue weighted by atomic mass is 10.2. The summed E-state index contributed by atoms with van der Waals surface area (Å²) in [5, 5.41) is 0.